The molecule has 0 amide bonds. The summed E-state index contributed by atoms with van der Waals surface area (Å²) in [6.07, 6.45) is 6.26. The number of aromatic carboxylic acids is 2. The van der Waals surface area contributed by atoms with Crippen molar-refractivity contribution >= 4 is 198 Å². The van der Waals surface area contributed by atoms with Crippen LogP contribution < -0.4 is 2.89 Å². The van der Waals surface area contributed by atoms with Gasteiger partial charge in [0.25, 0.3) is 0 Å². The van der Waals surface area contributed by atoms with Crippen molar-refractivity contribution in [2.75, 3.05) is 0 Å². The van der Waals surface area contributed by atoms with E-state index in [-0.39, 0.29) is 38.7 Å². The topological polar surface area (TPSA) is 127 Å². The summed E-state index contributed by atoms with van der Waals surface area (Å²) in [4.78, 5) is 57.8. The summed E-state index contributed by atoms with van der Waals surface area (Å²) in [7, 11) is 0. The zero-order chi connectivity index (χ0) is 54.1. The molecule has 6 heterocycles. The van der Waals surface area contributed by atoms with Crippen LogP contribution in [0.15, 0.2) is 80.5 Å². The molecule has 0 atom stereocenters. The molecule has 2 N–H and O–H groups in total. The average Bonchev–Trinajstić information content (AvgIpc) is 4.13. The molecule has 8 nitrogen and oxygen atoms in total. The molecule has 0 aromatic carbocycles. The van der Waals surface area contributed by atoms with Gasteiger partial charge in [-0.2, -0.15) is 11.3 Å². The fraction of sp³-hybridized carbons (Fsp3) is 0.451. The molecule has 6 aromatic rings. The zero-order valence-electron chi connectivity index (χ0n) is 42.8. The summed E-state index contributed by atoms with van der Waals surface area (Å²) < 4.78 is 18.5. The molecule has 0 fully saturated rings. The predicted octanol–water partition coefficient (Wildman–Crippen LogP) is 19.4. The van der Waals surface area contributed by atoms with Crippen LogP contribution in [0.4, 0.5) is 0 Å². The second-order valence-corrected chi connectivity index (χ2v) is 49.8. The minimum atomic E-state index is -1.71. The molecule has 71 heavy (non-hydrogen) atoms. The monoisotopic (exact) mass is 1560 g/mol. The molecule has 6 rings (SSSR count). The molecule has 0 aliphatic heterocycles. The van der Waals surface area contributed by atoms with Crippen LogP contribution in [-0.2, 0) is 18.7 Å². The van der Waals surface area contributed by atoms with Gasteiger partial charge >= 0.3 is 125 Å². The van der Waals surface area contributed by atoms with Crippen LogP contribution in [0.2, 0.25) is 19.3 Å². The van der Waals surface area contributed by atoms with Gasteiger partial charge in [-0.25, -0.2) is 14.4 Å². The summed E-state index contributed by atoms with van der Waals surface area (Å²) >= 11 is 21.3. The number of hydrogen-bond acceptors (Lipinski definition) is 12. The number of halogens is 4. The second-order valence-electron chi connectivity index (χ2n) is 17.9. The van der Waals surface area contributed by atoms with Gasteiger partial charge in [0.2, 0.25) is 0 Å². The molecule has 0 aliphatic carbocycles. The summed E-state index contributed by atoms with van der Waals surface area (Å²) in [5, 5.41) is 20.2. The number of thiophene rings is 6. The molecule has 0 bridgehead atoms. The van der Waals surface area contributed by atoms with E-state index in [1.807, 2.05) is 50.4 Å². The Hall–Kier alpha value is -0.403. The van der Waals surface area contributed by atoms with Gasteiger partial charge in [0.1, 0.15) is 11.2 Å². The first-order chi connectivity index (χ1) is 33.0. The van der Waals surface area contributed by atoms with E-state index in [1.54, 1.807) is 36.7 Å². The van der Waals surface area contributed by atoms with Gasteiger partial charge in [-0.15, -0.1) is 45.3 Å². The minimum Gasteiger partial charge on any atom is -0.478 e. The van der Waals surface area contributed by atoms with E-state index in [9.17, 15) is 19.2 Å². The van der Waals surface area contributed by atoms with Crippen molar-refractivity contribution in [2.24, 2.45) is 0 Å². The number of hydrogen-bond donors (Lipinski definition) is 2. The number of rotatable bonds is 16. The van der Waals surface area contributed by atoms with E-state index in [0.29, 0.717) is 20.5 Å². The Kier molecular flexibility index (Phi) is 33.9. The molecule has 6 aromatic heterocycles. The van der Waals surface area contributed by atoms with Crippen molar-refractivity contribution in [1.29, 1.82) is 0 Å². The largest absolute Gasteiger partial charge is 0.478 e. The van der Waals surface area contributed by atoms with Gasteiger partial charge in [-0.1, -0.05) is 26.7 Å². The van der Waals surface area contributed by atoms with Crippen LogP contribution >= 0.6 is 132 Å². The summed E-state index contributed by atoms with van der Waals surface area (Å²) in [5.41, 5.74) is 0.585. The van der Waals surface area contributed by atoms with Crippen LogP contribution in [0.25, 0.3) is 9.75 Å². The Labute approximate surface area is 494 Å². The number of carboxylic acids is 2. The van der Waals surface area contributed by atoms with Crippen molar-refractivity contribution in [3.05, 3.63) is 112 Å². The number of aryl methyl sites for hydroxylation is 2. The Morgan fingerprint density at radius 3 is 1.46 bits per heavy atom. The van der Waals surface area contributed by atoms with Crippen molar-refractivity contribution < 1.29 is 38.9 Å². The molecule has 0 spiro atoms. The normalized spacial score (nSPS) is 10.9. The number of unbranched alkanes of at least 4 members (excludes halogenated alkanes) is 2. The van der Waals surface area contributed by atoms with E-state index in [2.05, 4.69) is 161 Å². The van der Waals surface area contributed by atoms with Gasteiger partial charge in [-0.3, -0.25) is 4.79 Å². The first-order valence-electron chi connectivity index (χ1n) is 22.8. The number of ether oxygens (including phenoxy) is 2. The van der Waals surface area contributed by atoms with E-state index >= 15 is 0 Å². The first-order valence-corrected chi connectivity index (χ1v) is 45.0. The smallest absolute Gasteiger partial charge is 0.337 e. The van der Waals surface area contributed by atoms with E-state index in [1.165, 1.54) is 69.3 Å². The van der Waals surface area contributed by atoms with Crippen LogP contribution in [0.1, 0.15) is 140 Å². The molecule has 0 saturated heterocycles. The molecule has 2 radical (unpaired) electrons. The number of carboxylic acid groups (broad SMARTS) is 2. The Balaban J connectivity index is 0.000000432. The number of carbonyl (C=O) groups excluding carboxylic acids is 2. The van der Waals surface area contributed by atoms with Crippen molar-refractivity contribution in [3.8, 4) is 9.75 Å². The Morgan fingerprint density at radius 2 is 1.15 bits per heavy atom. The third kappa shape index (κ3) is 29.6. The van der Waals surface area contributed by atoms with Gasteiger partial charge in [0.05, 0.1) is 31.8 Å². The standard InChI is InChI=1S/C12H16Br2O2S.C10H10S2.C9H18O2.C5H2Br2O2S.C5H4O2S.C5H4S.C2H5.3CH3.2Sn/c1-4-5-6-12(2,3)16-11(15)8-7-9(13)17-10(8)14;1-7-3-5-9(11-7)10-6-4-8(2)12-10;1-5-6-7-9(3,4)11-8(2)10;6-3-1-2(5(8)9)4(7)10-3;6-5(7)4-1-2-8-3-4;1-5-3-2-4-6-5;1-2;;;;;/h7H,4-6H2,1-3H3;3-6H,1-2H3;5-7H2,1-4H3;1H,(H,8,9);1-3H,(H,6,7);2-3H,1H2;1H2,2H3;3*1H3;;. The SMILES string of the molecule is CCCCC(C)(C)OC(=O)c1cc(Br)sc1Br.CCCCC(C)(C)OC(C)=O.C[CH2][Sn][CH2]c1cc[c]([Sn]([CH3])([CH3])[CH3])s1.Cc1ccc(-c2ccc(C)s2)s1.O=C(O)c1cc(Br)sc1Br.O=C(O)c1ccsc1. The molecule has 20 heteroatoms. The maximum atomic E-state index is 12.0. The average molecular weight is 1560 g/mol. The predicted molar refractivity (Wildman–Crippen MR) is 326 cm³/mol. The molecular weight excluding hydrogens is 1490 g/mol. The molecular formula is C51H68Br4O8S6Sn2. The van der Waals surface area contributed by atoms with Crippen molar-refractivity contribution in [1.82, 2.24) is 0 Å². The fourth-order valence-electron chi connectivity index (χ4n) is 5.61. The maximum Gasteiger partial charge on any atom is 0.337 e. The van der Waals surface area contributed by atoms with Crippen molar-refractivity contribution in [3.63, 3.8) is 0 Å². The second kappa shape index (κ2) is 35.1. The Bertz CT molecular complexity index is 2460. The van der Waals surface area contributed by atoms with E-state index in [0.717, 1.165) is 49.9 Å². The van der Waals surface area contributed by atoms with Crippen molar-refractivity contribution in [2.45, 2.75) is 143 Å². The van der Waals surface area contributed by atoms with Crippen LogP contribution in [0.3, 0.4) is 0 Å². The minimum absolute atomic E-state index is 0.0242. The van der Waals surface area contributed by atoms with Gasteiger partial charge in [0.15, 0.2) is 0 Å². The Morgan fingerprint density at radius 1 is 0.662 bits per heavy atom. The quantitative estimate of drug-likeness (QED) is 0.0725. The van der Waals surface area contributed by atoms with Crippen LogP contribution in [-0.4, -0.2) is 84.8 Å². The molecule has 392 valence electrons. The van der Waals surface area contributed by atoms with Gasteiger partial charge in [-0.05, 0) is 179 Å². The van der Waals surface area contributed by atoms with E-state index in [4.69, 9.17) is 19.7 Å². The molecule has 0 saturated carbocycles. The zero-order valence-corrected chi connectivity index (χ0v) is 59.8. The third-order valence-electron chi connectivity index (χ3n) is 9.26. The summed E-state index contributed by atoms with van der Waals surface area (Å²) in [6, 6.07) is 18.5. The third-order valence-corrected chi connectivity index (χ3v) is 31.4. The maximum absolute atomic E-state index is 12.0. The van der Waals surface area contributed by atoms with E-state index < -0.39 is 35.9 Å². The van der Waals surface area contributed by atoms with Crippen LogP contribution in [0, 0.1) is 13.8 Å². The number of esters is 2. The molecule has 0 aliphatic rings. The fourth-order valence-corrected chi connectivity index (χ4v) is 23.0. The first kappa shape index (κ1) is 68.6. The number of carbonyl (C=O) groups is 4. The van der Waals surface area contributed by atoms with Gasteiger partial charge in [0, 0.05) is 31.8 Å². The van der Waals surface area contributed by atoms with Gasteiger partial charge < -0.3 is 19.7 Å². The van der Waals surface area contributed by atoms with Crippen LogP contribution in [0.5, 0.6) is 0 Å². The molecule has 0 unspecified atom stereocenters. The summed E-state index contributed by atoms with van der Waals surface area (Å²) in [6.45, 7) is 20.1. The summed E-state index contributed by atoms with van der Waals surface area (Å²) in [5.74, 6) is -2.22.